The molecule has 1 aliphatic carbocycles. The molecule has 1 aromatic carbocycles. The van der Waals surface area contributed by atoms with Crippen molar-refractivity contribution >= 4 is 28.3 Å². The summed E-state index contributed by atoms with van der Waals surface area (Å²) in [4.78, 5) is 13.6. The highest BCUT2D eigenvalue weighted by Gasteiger charge is 2.24. The van der Waals surface area contributed by atoms with Crippen LogP contribution in [0.3, 0.4) is 0 Å². The van der Waals surface area contributed by atoms with Crippen LogP contribution in [0.2, 0.25) is 0 Å². The van der Waals surface area contributed by atoms with Gasteiger partial charge in [-0.3, -0.25) is 4.79 Å². The van der Waals surface area contributed by atoms with Gasteiger partial charge in [0.1, 0.15) is 11.1 Å². The summed E-state index contributed by atoms with van der Waals surface area (Å²) in [6, 6.07) is 7.78. The summed E-state index contributed by atoms with van der Waals surface area (Å²) in [5.74, 6) is 1.66. The minimum Gasteiger partial charge on any atom is -0.493 e. The van der Waals surface area contributed by atoms with E-state index in [2.05, 4.69) is 18.3 Å². The predicted molar refractivity (Wildman–Crippen MR) is 112 cm³/mol. The zero-order valence-corrected chi connectivity index (χ0v) is 17.2. The van der Waals surface area contributed by atoms with Crippen molar-refractivity contribution in [1.82, 2.24) is 0 Å². The number of anilines is 1. The van der Waals surface area contributed by atoms with Gasteiger partial charge in [0.2, 0.25) is 5.91 Å². The monoisotopic (exact) mass is 396 g/mol. The van der Waals surface area contributed by atoms with Gasteiger partial charge in [-0.1, -0.05) is 13.0 Å². The normalized spacial score (nSPS) is 15.7. The van der Waals surface area contributed by atoms with E-state index in [1.165, 1.54) is 22.3 Å². The van der Waals surface area contributed by atoms with Crippen molar-refractivity contribution in [3.8, 4) is 17.6 Å². The fourth-order valence-electron chi connectivity index (χ4n) is 3.35. The number of amides is 1. The second kappa shape index (κ2) is 8.94. The van der Waals surface area contributed by atoms with E-state index in [9.17, 15) is 10.1 Å². The number of nitrogens with zero attached hydrogens (tertiary/aromatic N) is 1. The second-order valence-electron chi connectivity index (χ2n) is 6.83. The highest BCUT2D eigenvalue weighted by Crippen LogP contribution is 2.39. The number of hydrogen-bond donors (Lipinski definition) is 1. The molecule has 5 nitrogen and oxygen atoms in total. The van der Waals surface area contributed by atoms with Gasteiger partial charge in [0.25, 0.3) is 0 Å². The third-order valence-electron chi connectivity index (χ3n) is 4.77. The van der Waals surface area contributed by atoms with Crippen LogP contribution in [0, 0.1) is 17.2 Å². The maximum Gasteiger partial charge on any atom is 0.249 e. The summed E-state index contributed by atoms with van der Waals surface area (Å²) < 4.78 is 10.8. The van der Waals surface area contributed by atoms with Crippen molar-refractivity contribution in [2.45, 2.75) is 33.1 Å². The molecule has 0 saturated heterocycles. The van der Waals surface area contributed by atoms with Crippen LogP contribution >= 0.6 is 11.3 Å². The smallest absolute Gasteiger partial charge is 0.249 e. The zero-order chi connectivity index (χ0) is 20.1. The van der Waals surface area contributed by atoms with Crippen LogP contribution in [0.25, 0.3) is 6.08 Å². The molecule has 0 spiro atoms. The minimum atomic E-state index is -0.254. The third kappa shape index (κ3) is 4.37. The number of rotatable bonds is 6. The van der Waals surface area contributed by atoms with Gasteiger partial charge in [0.05, 0.1) is 19.3 Å². The molecule has 28 heavy (non-hydrogen) atoms. The quantitative estimate of drug-likeness (QED) is 0.712. The lowest BCUT2D eigenvalue weighted by molar-refractivity contribution is -0.111. The Morgan fingerprint density at radius 1 is 1.43 bits per heavy atom. The van der Waals surface area contributed by atoms with E-state index < -0.39 is 0 Å². The van der Waals surface area contributed by atoms with Crippen LogP contribution in [0.4, 0.5) is 5.00 Å². The summed E-state index contributed by atoms with van der Waals surface area (Å²) in [5.41, 5.74) is 2.56. The molecule has 0 aliphatic heterocycles. The van der Waals surface area contributed by atoms with Gasteiger partial charge >= 0.3 is 0 Å². The fourth-order valence-corrected chi connectivity index (χ4v) is 4.71. The lowest BCUT2D eigenvalue weighted by atomic mass is 9.89. The molecular formula is C22H24N2O3S. The first-order chi connectivity index (χ1) is 13.5. The molecule has 1 amide bonds. The molecule has 0 fully saturated rings. The summed E-state index contributed by atoms with van der Waals surface area (Å²) in [6.45, 7) is 4.69. The van der Waals surface area contributed by atoms with E-state index in [0.717, 1.165) is 30.4 Å². The van der Waals surface area contributed by atoms with Crippen molar-refractivity contribution in [3.05, 3.63) is 45.8 Å². The largest absolute Gasteiger partial charge is 0.493 e. The third-order valence-corrected chi connectivity index (χ3v) is 5.94. The van der Waals surface area contributed by atoms with Crippen LogP contribution in [0.5, 0.6) is 11.5 Å². The van der Waals surface area contributed by atoms with Gasteiger partial charge in [0.15, 0.2) is 11.5 Å². The first-order valence-electron chi connectivity index (χ1n) is 9.40. The summed E-state index contributed by atoms with van der Waals surface area (Å²) in [5, 5.41) is 13.1. The molecule has 1 N–H and O–H groups in total. The molecule has 1 aromatic heterocycles. The first kappa shape index (κ1) is 20.0. The lowest BCUT2D eigenvalue weighted by Crippen LogP contribution is -2.10. The van der Waals surface area contributed by atoms with Crippen LogP contribution < -0.4 is 14.8 Å². The van der Waals surface area contributed by atoms with E-state index in [4.69, 9.17) is 9.47 Å². The zero-order valence-electron chi connectivity index (χ0n) is 16.4. The van der Waals surface area contributed by atoms with E-state index in [1.807, 2.05) is 25.1 Å². The number of fused-ring (bicyclic) bond motifs is 1. The topological polar surface area (TPSA) is 71.3 Å². The molecule has 0 saturated carbocycles. The minimum absolute atomic E-state index is 0.254. The van der Waals surface area contributed by atoms with E-state index in [-0.39, 0.29) is 5.91 Å². The van der Waals surface area contributed by atoms with E-state index >= 15 is 0 Å². The van der Waals surface area contributed by atoms with Gasteiger partial charge in [-0.15, -0.1) is 11.3 Å². The highest BCUT2D eigenvalue weighted by atomic mass is 32.1. The lowest BCUT2D eigenvalue weighted by Gasteiger charge is -2.17. The number of hydrogen-bond acceptors (Lipinski definition) is 5. The number of benzene rings is 1. The number of nitrogens with one attached hydrogen (secondary N) is 1. The number of nitriles is 1. The van der Waals surface area contributed by atoms with Crippen molar-refractivity contribution in [2.75, 3.05) is 19.0 Å². The Kier molecular flexibility index (Phi) is 6.37. The van der Waals surface area contributed by atoms with Gasteiger partial charge in [-0.2, -0.15) is 5.26 Å². The SMILES string of the molecule is CCOc1ccc(/C=C/C(=O)Nc2sc3c(c2C#N)CC[C@@H](C)C3)cc1OC. The Balaban J connectivity index is 1.73. The average Bonchev–Trinajstić information content (AvgIpc) is 3.03. The van der Waals surface area contributed by atoms with Crippen molar-refractivity contribution < 1.29 is 14.3 Å². The van der Waals surface area contributed by atoms with Crippen LogP contribution in [0.15, 0.2) is 24.3 Å². The Bertz CT molecular complexity index is 940. The molecule has 0 radical (unpaired) electrons. The Morgan fingerprint density at radius 2 is 2.25 bits per heavy atom. The van der Waals surface area contributed by atoms with Gasteiger partial charge < -0.3 is 14.8 Å². The summed E-state index contributed by atoms with van der Waals surface area (Å²) >= 11 is 1.53. The first-order valence-corrected chi connectivity index (χ1v) is 10.2. The summed E-state index contributed by atoms with van der Waals surface area (Å²) in [6.07, 6.45) is 6.16. The molecule has 2 aromatic rings. The number of ether oxygens (including phenoxy) is 2. The number of carbonyl (C=O) groups excluding carboxylic acids is 1. The molecular weight excluding hydrogens is 372 g/mol. The number of thiophene rings is 1. The van der Waals surface area contributed by atoms with E-state index in [1.54, 1.807) is 13.2 Å². The molecule has 3 rings (SSSR count). The summed E-state index contributed by atoms with van der Waals surface area (Å²) in [7, 11) is 1.58. The van der Waals surface area contributed by atoms with Crippen LogP contribution in [-0.2, 0) is 17.6 Å². The van der Waals surface area contributed by atoms with E-state index in [0.29, 0.717) is 34.6 Å². The standard InChI is InChI=1S/C22H24N2O3S/c1-4-27-18-9-6-15(12-19(18)26-3)7-10-21(25)24-22-17(13-23)16-8-5-14(2)11-20(16)28-22/h6-7,9-10,12,14H,4-5,8,11H2,1-3H3,(H,24,25)/b10-7+/t14-/m1/s1. The van der Waals surface area contributed by atoms with Crippen LogP contribution in [0.1, 0.15) is 41.8 Å². The molecule has 6 heteroatoms. The molecule has 0 bridgehead atoms. The van der Waals surface area contributed by atoms with Gasteiger partial charge in [0, 0.05) is 11.0 Å². The number of carbonyl (C=O) groups is 1. The fraction of sp³-hybridized carbons (Fsp3) is 0.364. The van der Waals surface area contributed by atoms with Gasteiger partial charge in [-0.05, 0) is 61.4 Å². The molecule has 0 unspecified atom stereocenters. The van der Waals surface area contributed by atoms with Crippen molar-refractivity contribution in [1.29, 1.82) is 5.26 Å². The Hall–Kier alpha value is -2.78. The molecule has 146 valence electrons. The predicted octanol–water partition coefficient (Wildman–Crippen LogP) is 4.80. The average molecular weight is 397 g/mol. The number of methoxy groups -OCH3 is 1. The van der Waals surface area contributed by atoms with Gasteiger partial charge in [-0.25, -0.2) is 0 Å². The maximum atomic E-state index is 12.4. The molecule has 1 heterocycles. The molecule has 1 aliphatic rings. The second-order valence-corrected chi connectivity index (χ2v) is 7.94. The molecule has 1 atom stereocenters. The van der Waals surface area contributed by atoms with Crippen molar-refractivity contribution in [2.24, 2.45) is 5.92 Å². The van der Waals surface area contributed by atoms with Crippen molar-refractivity contribution in [3.63, 3.8) is 0 Å². The van der Waals surface area contributed by atoms with Crippen LogP contribution in [-0.4, -0.2) is 19.6 Å². The highest BCUT2D eigenvalue weighted by molar-refractivity contribution is 7.16. The Morgan fingerprint density at radius 3 is 2.96 bits per heavy atom. The Labute approximate surface area is 169 Å². The maximum absolute atomic E-state index is 12.4.